The van der Waals surface area contributed by atoms with E-state index in [1.165, 1.54) is 6.92 Å². The number of likely N-dealkylation sites (tertiary alicyclic amines) is 1. The molecule has 3 heterocycles. The molecule has 8 nitrogen and oxygen atoms in total. The standard InChI is InChI=1S/C21H25N5O3/c1-13(27)24-20(2,3)19(29)26-11-9-21(16(26)17-22-10-12-25(17)4)14-7-5-6-8-15(14)23-18(21)28/h5-8,10,12,16H,9,11H2,1-4H3,(H,23,28)(H,24,27)/t16-,21+/m0/s1. The number of nitrogens with zero attached hydrogens (tertiary/aromatic N) is 3. The Morgan fingerprint density at radius 2 is 2.03 bits per heavy atom. The van der Waals surface area contributed by atoms with Crippen LogP contribution >= 0.6 is 0 Å². The lowest BCUT2D eigenvalue weighted by Crippen LogP contribution is -2.56. The predicted molar refractivity (Wildman–Crippen MR) is 107 cm³/mol. The van der Waals surface area contributed by atoms with Crippen LogP contribution in [0, 0.1) is 0 Å². The van der Waals surface area contributed by atoms with Crippen LogP contribution in [-0.2, 0) is 26.8 Å². The quantitative estimate of drug-likeness (QED) is 0.823. The van der Waals surface area contributed by atoms with Gasteiger partial charge in [0.15, 0.2) is 0 Å². The molecule has 152 valence electrons. The highest BCUT2D eigenvalue weighted by molar-refractivity contribution is 6.08. The zero-order valence-corrected chi connectivity index (χ0v) is 17.0. The number of aromatic nitrogens is 2. The monoisotopic (exact) mass is 395 g/mol. The molecule has 1 saturated heterocycles. The number of aryl methyl sites for hydroxylation is 1. The summed E-state index contributed by atoms with van der Waals surface area (Å²) in [6, 6.07) is 7.03. The molecule has 1 aromatic heterocycles. The van der Waals surface area contributed by atoms with Crippen LogP contribution in [0.3, 0.4) is 0 Å². The van der Waals surface area contributed by atoms with Crippen molar-refractivity contribution in [3.63, 3.8) is 0 Å². The number of nitrogens with one attached hydrogen (secondary N) is 2. The van der Waals surface area contributed by atoms with Gasteiger partial charge in [0.05, 0.1) is 0 Å². The summed E-state index contributed by atoms with van der Waals surface area (Å²) < 4.78 is 1.84. The molecular formula is C21H25N5O3. The first-order valence-electron chi connectivity index (χ1n) is 9.66. The molecule has 2 aliphatic heterocycles. The van der Waals surface area contributed by atoms with Crippen molar-refractivity contribution >= 4 is 23.4 Å². The normalized spacial score (nSPS) is 23.2. The fraction of sp³-hybridized carbons (Fsp3) is 0.429. The summed E-state index contributed by atoms with van der Waals surface area (Å²) in [5.41, 5.74) is -0.370. The summed E-state index contributed by atoms with van der Waals surface area (Å²) in [7, 11) is 1.86. The Labute approximate surface area is 169 Å². The Balaban J connectivity index is 1.86. The lowest BCUT2D eigenvalue weighted by Gasteiger charge is -2.37. The lowest BCUT2D eigenvalue weighted by atomic mass is 9.74. The average Bonchev–Trinajstić information content (AvgIpc) is 3.31. The Kier molecular flexibility index (Phi) is 4.25. The SMILES string of the molecule is CC(=O)NC(C)(C)C(=O)N1CC[C@]2(C(=O)Nc3ccccc32)[C@@H]1c1nccn1C. The van der Waals surface area contributed by atoms with Gasteiger partial charge < -0.3 is 20.1 Å². The Morgan fingerprint density at radius 3 is 2.69 bits per heavy atom. The number of imidazole rings is 1. The number of amides is 3. The van der Waals surface area contributed by atoms with E-state index in [1.807, 2.05) is 42.1 Å². The Morgan fingerprint density at radius 1 is 1.31 bits per heavy atom. The summed E-state index contributed by atoms with van der Waals surface area (Å²) in [4.78, 5) is 44.7. The number of para-hydroxylation sites is 1. The number of benzene rings is 1. The molecule has 2 aliphatic rings. The summed E-state index contributed by atoms with van der Waals surface area (Å²) in [5, 5.41) is 5.72. The third-order valence-electron chi connectivity index (χ3n) is 5.97. The molecule has 0 saturated carbocycles. The molecular weight excluding hydrogens is 370 g/mol. The molecule has 0 aliphatic carbocycles. The van der Waals surface area contributed by atoms with Crippen molar-refractivity contribution in [2.75, 3.05) is 11.9 Å². The number of fused-ring (bicyclic) bond motifs is 2. The first kappa shape index (κ1) is 19.2. The minimum absolute atomic E-state index is 0.126. The largest absolute Gasteiger partial charge is 0.342 e. The van der Waals surface area contributed by atoms with Gasteiger partial charge in [-0.3, -0.25) is 14.4 Å². The van der Waals surface area contributed by atoms with Crippen molar-refractivity contribution in [3.05, 3.63) is 48.0 Å². The minimum Gasteiger partial charge on any atom is -0.342 e. The van der Waals surface area contributed by atoms with Crippen molar-refractivity contribution in [2.24, 2.45) is 7.05 Å². The molecule has 2 aromatic rings. The number of hydrogen-bond donors (Lipinski definition) is 2. The lowest BCUT2D eigenvalue weighted by molar-refractivity contribution is -0.142. The van der Waals surface area contributed by atoms with Crippen LogP contribution in [0.5, 0.6) is 0 Å². The van der Waals surface area contributed by atoms with E-state index in [0.717, 1.165) is 11.3 Å². The number of rotatable bonds is 3. The van der Waals surface area contributed by atoms with Gasteiger partial charge in [-0.2, -0.15) is 0 Å². The Bertz CT molecular complexity index is 1010. The maximum atomic E-state index is 13.5. The number of hydrogen-bond acceptors (Lipinski definition) is 4. The zero-order valence-electron chi connectivity index (χ0n) is 17.0. The topological polar surface area (TPSA) is 96.3 Å². The van der Waals surface area contributed by atoms with Gasteiger partial charge in [0.2, 0.25) is 17.7 Å². The van der Waals surface area contributed by atoms with Gasteiger partial charge in [-0.1, -0.05) is 18.2 Å². The second-order valence-electron chi connectivity index (χ2n) is 8.32. The molecule has 0 radical (unpaired) electrons. The van der Waals surface area contributed by atoms with Crippen molar-refractivity contribution in [2.45, 2.75) is 44.2 Å². The molecule has 0 unspecified atom stereocenters. The van der Waals surface area contributed by atoms with Gasteiger partial charge in [0, 0.05) is 38.6 Å². The Hall–Kier alpha value is -3.16. The summed E-state index contributed by atoms with van der Waals surface area (Å²) >= 11 is 0. The summed E-state index contributed by atoms with van der Waals surface area (Å²) in [6.45, 7) is 5.14. The van der Waals surface area contributed by atoms with E-state index in [2.05, 4.69) is 15.6 Å². The molecule has 4 rings (SSSR count). The van der Waals surface area contributed by atoms with Gasteiger partial charge in [-0.15, -0.1) is 0 Å². The minimum atomic E-state index is -1.10. The number of carbonyl (C=O) groups is 3. The third kappa shape index (κ3) is 2.73. The van der Waals surface area contributed by atoms with E-state index in [0.29, 0.717) is 18.8 Å². The maximum absolute atomic E-state index is 13.5. The zero-order chi connectivity index (χ0) is 21.0. The van der Waals surface area contributed by atoms with Gasteiger partial charge in [0.1, 0.15) is 22.8 Å². The van der Waals surface area contributed by atoms with Crippen LogP contribution in [0.2, 0.25) is 0 Å². The van der Waals surface area contributed by atoms with Gasteiger partial charge in [0.25, 0.3) is 0 Å². The van der Waals surface area contributed by atoms with Crippen molar-refractivity contribution in [1.82, 2.24) is 19.8 Å². The molecule has 0 bridgehead atoms. The second-order valence-corrected chi connectivity index (χ2v) is 8.32. The smallest absolute Gasteiger partial charge is 0.248 e. The molecule has 2 atom stereocenters. The van der Waals surface area contributed by atoms with Crippen LogP contribution < -0.4 is 10.6 Å². The van der Waals surface area contributed by atoms with E-state index in [4.69, 9.17) is 0 Å². The maximum Gasteiger partial charge on any atom is 0.248 e. The van der Waals surface area contributed by atoms with Gasteiger partial charge >= 0.3 is 0 Å². The van der Waals surface area contributed by atoms with E-state index in [-0.39, 0.29) is 17.7 Å². The molecule has 3 amide bonds. The molecule has 1 aromatic carbocycles. The fourth-order valence-corrected chi connectivity index (χ4v) is 4.76. The highest BCUT2D eigenvalue weighted by atomic mass is 16.2. The molecule has 2 N–H and O–H groups in total. The van der Waals surface area contributed by atoms with E-state index in [9.17, 15) is 14.4 Å². The van der Waals surface area contributed by atoms with Crippen molar-refractivity contribution in [1.29, 1.82) is 0 Å². The van der Waals surface area contributed by atoms with E-state index >= 15 is 0 Å². The van der Waals surface area contributed by atoms with Crippen molar-refractivity contribution in [3.8, 4) is 0 Å². The van der Waals surface area contributed by atoms with E-state index < -0.39 is 17.0 Å². The second kappa shape index (κ2) is 6.43. The third-order valence-corrected chi connectivity index (χ3v) is 5.97. The van der Waals surface area contributed by atoms with E-state index in [1.54, 1.807) is 24.9 Å². The summed E-state index contributed by atoms with van der Waals surface area (Å²) in [6.07, 6.45) is 3.96. The average molecular weight is 395 g/mol. The number of anilines is 1. The van der Waals surface area contributed by atoms with Crippen molar-refractivity contribution < 1.29 is 14.4 Å². The van der Waals surface area contributed by atoms with Crippen LogP contribution in [0.15, 0.2) is 36.7 Å². The fourth-order valence-electron chi connectivity index (χ4n) is 4.76. The van der Waals surface area contributed by atoms with Crippen LogP contribution in [-0.4, -0.2) is 44.3 Å². The van der Waals surface area contributed by atoms with Crippen LogP contribution in [0.4, 0.5) is 5.69 Å². The molecule has 1 fully saturated rings. The van der Waals surface area contributed by atoms with Gasteiger partial charge in [-0.25, -0.2) is 4.98 Å². The number of carbonyl (C=O) groups excluding carboxylic acids is 3. The highest BCUT2D eigenvalue weighted by Gasteiger charge is 2.61. The van der Waals surface area contributed by atoms with Gasteiger partial charge in [-0.05, 0) is 31.9 Å². The van der Waals surface area contributed by atoms with Crippen LogP contribution in [0.25, 0.3) is 0 Å². The first-order valence-corrected chi connectivity index (χ1v) is 9.66. The summed E-state index contributed by atoms with van der Waals surface area (Å²) in [5.74, 6) is -0.00910. The van der Waals surface area contributed by atoms with Crippen LogP contribution in [0.1, 0.15) is 44.6 Å². The first-order chi connectivity index (χ1) is 13.7. The predicted octanol–water partition coefficient (Wildman–Crippen LogP) is 1.50. The molecule has 8 heteroatoms. The molecule has 1 spiro atoms. The molecule has 29 heavy (non-hydrogen) atoms. The highest BCUT2D eigenvalue weighted by Crippen LogP contribution is 2.54.